The summed E-state index contributed by atoms with van der Waals surface area (Å²) in [7, 11) is 0. The highest BCUT2D eigenvalue weighted by molar-refractivity contribution is 7.96. The van der Waals surface area contributed by atoms with Gasteiger partial charge in [0.05, 0.1) is 16.7 Å². The Morgan fingerprint density at radius 2 is 0.714 bits per heavy atom. The van der Waals surface area contributed by atoms with Crippen LogP contribution in [0.2, 0.25) is 0 Å². The van der Waals surface area contributed by atoms with Crippen LogP contribution in [0.25, 0.3) is 11.4 Å². The summed E-state index contributed by atoms with van der Waals surface area (Å²) in [5.41, 5.74) is 1.67. The van der Waals surface area contributed by atoms with E-state index in [1.54, 1.807) is 9.36 Å². The van der Waals surface area contributed by atoms with Gasteiger partial charge in [-0.3, -0.25) is 0 Å². The van der Waals surface area contributed by atoms with Gasteiger partial charge < -0.3 is 0 Å². The molecule has 2 heterocycles. The molecule has 2 aromatic heterocycles. The first-order chi connectivity index (χ1) is 20.9. The van der Waals surface area contributed by atoms with Gasteiger partial charge in [0.15, 0.2) is 11.6 Å². The predicted molar refractivity (Wildman–Crippen MR) is 167 cm³/mol. The highest BCUT2D eigenvalue weighted by atomic mass is 31.2. The molecule has 0 aliphatic rings. The van der Waals surface area contributed by atoms with Crippen molar-refractivity contribution in [2.45, 2.75) is 0 Å². The van der Waals surface area contributed by atoms with Crippen LogP contribution in [0.3, 0.4) is 0 Å². The van der Waals surface area contributed by atoms with Gasteiger partial charge in [-0.1, -0.05) is 127 Å². The van der Waals surface area contributed by atoms with E-state index < -0.39 is 6.89 Å². The molecule has 0 N–H and O–H groups in total. The number of hydrogen-bond donors (Lipinski definition) is 0. The summed E-state index contributed by atoms with van der Waals surface area (Å²) in [6.45, 7) is -2.75. The SMILES string of the molecule is c1ccc(-n2nnnc2C(c2nnnn2-c2ccccc2)=P(c2ccccc2)(c2ccccc2)c2ccccc2)cc1. The number of nitrogens with zero attached hydrogens (tertiary/aromatic N) is 8. The molecule has 0 amide bonds. The Bertz CT molecular complexity index is 1790. The van der Waals surface area contributed by atoms with Gasteiger partial charge in [-0.2, -0.15) is 9.36 Å². The fourth-order valence-corrected chi connectivity index (χ4v) is 9.75. The Hall–Kier alpha value is -5.46. The van der Waals surface area contributed by atoms with Gasteiger partial charge in [-0.15, -0.1) is 10.2 Å². The lowest BCUT2D eigenvalue weighted by Gasteiger charge is -2.32. The third-order valence-corrected chi connectivity index (χ3v) is 11.4. The summed E-state index contributed by atoms with van der Waals surface area (Å²) in [5.74, 6) is 1.14. The van der Waals surface area contributed by atoms with Crippen molar-refractivity contribution in [1.29, 1.82) is 0 Å². The maximum atomic E-state index is 4.71. The van der Waals surface area contributed by atoms with Crippen LogP contribution < -0.4 is 15.9 Å². The number of aromatic nitrogens is 8. The van der Waals surface area contributed by atoms with Crippen LogP contribution in [0.15, 0.2) is 152 Å². The molecule has 0 spiro atoms. The van der Waals surface area contributed by atoms with E-state index in [4.69, 9.17) is 10.2 Å². The van der Waals surface area contributed by atoms with Crippen molar-refractivity contribution in [2.24, 2.45) is 0 Å². The maximum Gasteiger partial charge on any atom is 0.192 e. The smallest absolute Gasteiger partial charge is 0.192 e. The van der Waals surface area contributed by atoms with E-state index >= 15 is 0 Å². The Labute approximate surface area is 242 Å². The monoisotopic (exact) mass is 564 g/mol. The zero-order chi connectivity index (χ0) is 28.2. The number of para-hydroxylation sites is 2. The van der Waals surface area contributed by atoms with Gasteiger partial charge in [-0.25, -0.2) is 0 Å². The average Bonchev–Trinajstić information content (AvgIpc) is 3.76. The second-order valence-electron chi connectivity index (χ2n) is 9.53. The van der Waals surface area contributed by atoms with Gasteiger partial charge in [-0.05, 0) is 67.9 Å². The van der Waals surface area contributed by atoms with E-state index in [-0.39, 0.29) is 0 Å². The summed E-state index contributed by atoms with van der Waals surface area (Å²) < 4.78 is 3.56. The minimum Gasteiger partial charge on any atom is -0.193 e. The molecule has 0 fully saturated rings. The summed E-state index contributed by atoms with van der Waals surface area (Å²) >= 11 is 0. The second-order valence-corrected chi connectivity index (χ2v) is 12.9. The first-order valence-corrected chi connectivity index (χ1v) is 15.3. The average molecular weight is 565 g/mol. The van der Waals surface area contributed by atoms with Crippen molar-refractivity contribution in [1.82, 2.24) is 40.4 Å². The highest BCUT2D eigenvalue weighted by Gasteiger charge is 2.37. The third-order valence-electron chi connectivity index (χ3n) is 7.13. The molecule has 0 bridgehead atoms. The molecular formula is C33H25N8P. The fourth-order valence-electron chi connectivity index (χ4n) is 5.35. The molecule has 0 unspecified atom stereocenters. The van der Waals surface area contributed by atoms with Crippen molar-refractivity contribution < 1.29 is 0 Å². The molecule has 0 saturated carbocycles. The lowest BCUT2D eigenvalue weighted by molar-refractivity contribution is 0.783. The van der Waals surface area contributed by atoms with E-state index in [0.29, 0.717) is 11.6 Å². The van der Waals surface area contributed by atoms with E-state index in [1.807, 2.05) is 78.9 Å². The Morgan fingerprint density at radius 3 is 1.05 bits per heavy atom. The van der Waals surface area contributed by atoms with Gasteiger partial charge in [0, 0.05) is 0 Å². The molecule has 0 saturated heterocycles. The van der Waals surface area contributed by atoms with E-state index in [9.17, 15) is 0 Å². The van der Waals surface area contributed by atoms with Gasteiger partial charge in [0.1, 0.15) is 0 Å². The Balaban J connectivity index is 1.75. The number of rotatable bonds is 7. The van der Waals surface area contributed by atoms with Crippen molar-refractivity contribution in [3.63, 3.8) is 0 Å². The van der Waals surface area contributed by atoms with Crippen molar-refractivity contribution in [2.75, 3.05) is 0 Å². The maximum absolute atomic E-state index is 4.71. The minimum atomic E-state index is -2.75. The summed E-state index contributed by atoms with van der Waals surface area (Å²) in [6, 6.07) is 51.5. The van der Waals surface area contributed by atoms with Crippen LogP contribution >= 0.6 is 6.89 Å². The first kappa shape index (κ1) is 25.5. The molecule has 8 nitrogen and oxygen atoms in total. The lowest BCUT2D eigenvalue weighted by Crippen LogP contribution is -2.33. The van der Waals surface area contributed by atoms with Gasteiger partial charge in [0.2, 0.25) is 0 Å². The second kappa shape index (κ2) is 11.2. The Kier molecular flexibility index (Phi) is 6.80. The van der Waals surface area contributed by atoms with E-state index in [1.165, 1.54) is 0 Å². The van der Waals surface area contributed by atoms with Crippen molar-refractivity contribution in [3.8, 4) is 11.4 Å². The molecule has 7 aromatic rings. The largest absolute Gasteiger partial charge is 0.193 e. The molecule has 42 heavy (non-hydrogen) atoms. The molecule has 0 atom stereocenters. The normalized spacial score (nSPS) is 11.3. The third kappa shape index (κ3) is 4.35. The zero-order valence-electron chi connectivity index (χ0n) is 22.5. The topological polar surface area (TPSA) is 87.2 Å². The molecule has 202 valence electrons. The van der Waals surface area contributed by atoms with Gasteiger partial charge in [0.25, 0.3) is 0 Å². The molecule has 5 aromatic carbocycles. The minimum absolute atomic E-state index is 0.568. The molecule has 0 radical (unpaired) electrons. The van der Waals surface area contributed by atoms with Crippen LogP contribution in [0.1, 0.15) is 11.6 Å². The van der Waals surface area contributed by atoms with E-state index in [2.05, 4.69) is 93.6 Å². The number of benzene rings is 5. The van der Waals surface area contributed by atoms with Crippen molar-refractivity contribution in [3.05, 3.63) is 163 Å². The van der Waals surface area contributed by atoms with Crippen LogP contribution in [-0.2, 0) is 0 Å². The highest BCUT2D eigenvalue weighted by Crippen LogP contribution is 2.48. The lowest BCUT2D eigenvalue weighted by atomic mass is 10.3. The predicted octanol–water partition coefficient (Wildman–Crippen LogP) is 4.20. The molecule has 0 aliphatic carbocycles. The van der Waals surface area contributed by atoms with Crippen LogP contribution in [0, 0.1) is 0 Å². The summed E-state index contributed by atoms with van der Waals surface area (Å²) in [4.78, 5) is 0. The zero-order valence-corrected chi connectivity index (χ0v) is 23.4. The quantitative estimate of drug-likeness (QED) is 0.270. The molecule has 9 heteroatoms. The number of tetrazole rings is 2. The van der Waals surface area contributed by atoms with Crippen LogP contribution in [-0.4, -0.2) is 45.7 Å². The summed E-state index contributed by atoms with van der Waals surface area (Å²) in [6.07, 6.45) is 0. The standard InChI is InChI=1S/C33H25N8P/c1-6-16-26(17-7-1)40-32(34-36-38-40)31(33-35-37-39-41(33)27-18-8-2-9-19-27)42(28-20-10-3-11-21-28,29-22-12-4-13-23-29)30-24-14-5-15-25-30/h1-25H. The Morgan fingerprint density at radius 1 is 0.405 bits per heavy atom. The van der Waals surface area contributed by atoms with E-state index in [0.717, 1.165) is 32.6 Å². The van der Waals surface area contributed by atoms with Crippen LogP contribution in [0.4, 0.5) is 0 Å². The first-order valence-electron chi connectivity index (χ1n) is 13.5. The van der Waals surface area contributed by atoms with Gasteiger partial charge >= 0.3 is 0 Å². The molecule has 0 aliphatic heterocycles. The fraction of sp³-hybridized carbons (Fsp3) is 0. The molecular weight excluding hydrogens is 539 g/mol. The number of hydrogen-bond acceptors (Lipinski definition) is 6. The van der Waals surface area contributed by atoms with Crippen molar-refractivity contribution >= 4 is 28.1 Å². The molecule has 7 rings (SSSR count). The summed E-state index contributed by atoms with van der Waals surface area (Å²) in [5, 5.41) is 31.0. The van der Waals surface area contributed by atoms with Crippen LogP contribution in [0.5, 0.6) is 0 Å².